The fourth-order valence-electron chi connectivity index (χ4n) is 3.21. The topological polar surface area (TPSA) is 46.6 Å². The first-order valence-corrected chi connectivity index (χ1v) is 8.07. The molecule has 1 amide bonds. The molecule has 0 N–H and O–H groups in total. The summed E-state index contributed by atoms with van der Waals surface area (Å²) < 4.78 is 5.46. The van der Waals surface area contributed by atoms with E-state index in [-0.39, 0.29) is 17.9 Å². The standard InChI is InChI=1S/C17H27NO3/c1-17(2,3)21-16(20)18-10-9-15(19)12-14(18)11-13-7-5-4-6-8-13/h9-10,13-14H,4-8,11-12H2,1-3H3. The summed E-state index contributed by atoms with van der Waals surface area (Å²) in [4.78, 5) is 25.6. The summed E-state index contributed by atoms with van der Waals surface area (Å²) >= 11 is 0. The average molecular weight is 293 g/mol. The van der Waals surface area contributed by atoms with Crippen LogP contribution >= 0.6 is 0 Å². The second-order valence-corrected chi connectivity index (χ2v) is 7.27. The predicted octanol–water partition coefficient (Wildman–Crippen LogP) is 4.05. The molecule has 0 spiro atoms. The molecule has 0 aromatic rings. The Labute approximate surface area is 127 Å². The molecule has 1 atom stereocenters. The van der Waals surface area contributed by atoms with Gasteiger partial charge in [-0.2, -0.15) is 0 Å². The largest absolute Gasteiger partial charge is 0.443 e. The van der Waals surface area contributed by atoms with E-state index in [4.69, 9.17) is 4.74 Å². The third kappa shape index (κ3) is 4.87. The zero-order valence-electron chi connectivity index (χ0n) is 13.4. The Morgan fingerprint density at radius 3 is 2.57 bits per heavy atom. The van der Waals surface area contributed by atoms with Crippen LogP contribution in [0, 0.1) is 5.92 Å². The Hall–Kier alpha value is -1.32. The van der Waals surface area contributed by atoms with E-state index in [0.29, 0.717) is 12.3 Å². The smallest absolute Gasteiger partial charge is 0.414 e. The number of rotatable bonds is 2. The Bertz CT molecular complexity index is 416. The van der Waals surface area contributed by atoms with Crippen LogP contribution in [0.1, 0.15) is 65.7 Å². The number of amides is 1. The summed E-state index contributed by atoms with van der Waals surface area (Å²) in [5.74, 6) is 0.739. The Morgan fingerprint density at radius 1 is 1.29 bits per heavy atom. The fraction of sp³-hybridized carbons (Fsp3) is 0.765. The summed E-state index contributed by atoms with van der Waals surface area (Å²) in [5, 5.41) is 0. The van der Waals surface area contributed by atoms with E-state index in [1.807, 2.05) is 20.8 Å². The molecule has 0 radical (unpaired) electrons. The lowest BCUT2D eigenvalue weighted by atomic mass is 9.83. The second-order valence-electron chi connectivity index (χ2n) is 7.27. The van der Waals surface area contributed by atoms with Crippen LogP contribution in [-0.2, 0) is 9.53 Å². The molecule has 4 nitrogen and oxygen atoms in total. The molecule has 2 rings (SSSR count). The van der Waals surface area contributed by atoms with Gasteiger partial charge in [-0.15, -0.1) is 0 Å². The third-order valence-electron chi connectivity index (χ3n) is 4.19. The van der Waals surface area contributed by atoms with E-state index < -0.39 is 5.60 Å². The monoisotopic (exact) mass is 293 g/mol. The third-order valence-corrected chi connectivity index (χ3v) is 4.19. The number of carbonyl (C=O) groups is 2. The minimum atomic E-state index is -0.512. The number of ether oxygens (including phenoxy) is 1. The molecule has 118 valence electrons. The van der Waals surface area contributed by atoms with Gasteiger partial charge in [-0.05, 0) is 39.2 Å². The number of hydrogen-bond donors (Lipinski definition) is 0. The van der Waals surface area contributed by atoms with E-state index in [0.717, 1.165) is 6.42 Å². The first-order valence-electron chi connectivity index (χ1n) is 8.07. The van der Waals surface area contributed by atoms with Gasteiger partial charge < -0.3 is 4.74 Å². The molecule has 1 aliphatic heterocycles. The van der Waals surface area contributed by atoms with Crippen LogP contribution in [-0.4, -0.2) is 28.4 Å². The van der Waals surface area contributed by atoms with Gasteiger partial charge in [0.05, 0.1) is 0 Å². The molecule has 0 bridgehead atoms. The Balaban J connectivity index is 2.02. The maximum atomic E-state index is 12.3. The molecule has 1 unspecified atom stereocenters. The van der Waals surface area contributed by atoms with Gasteiger partial charge in [-0.25, -0.2) is 4.79 Å². The van der Waals surface area contributed by atoms with Gasteiger partial charge >= 0.3 is 6.09 Å². The highest BCUT2D eigenvalue weighted by Crippen LogP contribution is 2.31. The summed E-state index contributed by atoms with van der Waals surface area (Å²) in [6.07, 6.45) is 10.4. The van der Waals surface area contributed by atoms with Crippen LogP contribution in [0.2, 0.25) is 0 Å². The molecule has 0 aromatic carbocycles. The number of nitrogens with zero attached hydrogens (tertiary/aromatic N) is 1. The molecule has 4 heteroatoms. The van der Waals surface area contributed by atoms with Crippen LogP contribution in [0.5, 0.6) is 0 Å². The molecular formula is C17H27NO3. The van der Waals surface area contributed by atoms with E-state index in [9.17, 15) is 9.59 Å². The average Bonchev–Trinajstić information content (AvgIpc) is 2.37. The van der Waals surface area contributed by atoms with E-state index >= 15 is 0 Å². The molecular weight excluding hydrogens is 266 g/mol. The highest BCUT2D eigenvalue weighted by Gasteiger charge is 2.32. The van der Waals surface area contributed by atoms with Gasteiger partial charge in [0.25, 0.3) is 0 Å². The van der Waals surface area contributed by atoms with Crippen molar-refractivity contribution in [2.75, 3.05) is 0 Å². The van der Waals surface area contributed by atoms with Crippen LogP contribution in [0.25, 0.3) is 0 Å². The zero-order valence-corrected chi connectivity index (χ0v) is 13.4. The highest BCUT2D eigenvalue weighted by atomic mass is 16.6. The van der Waals surface area contributed by atoms with Crippen LogP contribution in [0.4, 0.5) is 4.79 Å². The summed E-state index contributed by atoms with van der Waals surface area (Å²) in [7, 11) is 0. The second kappa shape index (κ2) is 6.63. The summed E-state index contributed by atoms with van der Waals surface area (Å²) in [6, 6.07) is -0.0413. The predicted molar refractivity (Wildman–Crippen MR) is 81.8 cm³/mol. The minimum Gasteiger partial charge on any atom is -0.443 e. The van der Waals surface area contributed by atoms with E-state index in [1.165, 1.54) is 38.2 Å². The number of ketones is 1. The van der Waals surface area contributed by atoms with Crippen LogP contribution < -0.4 is 0 Å². The summed E-state index contributed by atoms with van der Waals surface area (Å²) in [5.41, 5.74) is -0.512. The molecule has 1 saturated carbocycles. The molecule has 1 fully saturated rings. The van der Waals surface area contributed by atoms with Crippen LogP contribution in [0.3, 0.4) is 0 Å². The van der Waals surface area contributed by atoms with Crippen molar-refractivity contribution in [1.29, 1.82) is 0 Å². The van der Waals surface area contributed by atoms with Gasteiger partial charge in [0.1, 0.15) is 5.60 Å². The van der Waals surface area contributed by atoms with Gasteiger partial charge in [0.15, 0.2) is 5.78 Å². The molecule has 2 aliphatic rings. The van der Waals surface area contributed by atoms with E-state index in [1.54, 1.807) is 11.1 Å². The number of carbonyl (C=O) groups excluding carboxylic acids is 2. The van der Waals surface area contributed by atoms with Crippen LogP contribution in [0.15, 0.2) is 12.3 Å². The summed E-state index contributed by atoms with van der Waals surface area (Å²) in [6.45, 7) is 5.58. The number of hydrogen-bond acceptors (Lipinski definition) is 3. The highest BCUT2D eigenvalue weighted by molar-refractivity contribution is 5.92. The van der Waals surface area contributed by atoms with E-state index in [2.05, 4.69) is 0 Å². The lowest BCUT2D eigenvalue weighted by Gasteiger charge is -2.35. The number of allylic oxidation sites excluding steroid dienone is 1. The van der Waals surface area contributed by atoms with Crippen molar-refractivity contribution in [1.82, 2.24) is 4.90 Å². The lowest BCUT2D eigenvalue weighted by molar-refractivity contribution is -0.116. The van der Waals surface area contributed by atoms with Crippen molar-refractivity contribution in [3.63, 3.8) is 0 Å². The Morgan fingerprint density at radius 2 is 1.95 bits per heavy atom. The zero-order chi connectivity index (χ0) is 15.5. The molecule has 1 aliphatic carbocycles. The SMILES string of the molecule is CC(C)(C)OC(=O)N1C=CC(=O)CC1CC1CCCCC1. The van der Waals surface area contributed by atoms with Crippen molar-refractivity contribution in [3.05, 3.63) is 12.3 Å². The fourth-order valence-corrected chi connectivity index (χ4v) is 3.21. The molecule has 0 aromatic heterocycles. The van der Waals surface area contributed by atoms with Crippen molar-refractivity contribution >= 4 is 11.9 Å². The first-order chi connectivity index (χ1) is 9.85. The normalized spacial score (nSPS) is 24.2. The van der Waals surface area contributed by atoms with Gasteiger partial charge in [0.2, 0.25) is 0 Å². The molecule has 1 heterocycles. The molecule has 21 heavy (non-hydrogen) atoms. The van der Waals surface area contributed by atoms with Gasteiger partial charge in [0, 0.05) is 18.7 Å². The van der Waals surface area contributed by atoms with Crippen molar-refractivity contribution in [2.45, 2.75) is 77.4 Å². The Kier molecular flexibility index (Phi) is 5.07. The van der Waals surface area contributed by atoms with Crippen molar-refractivity contribution in [2.24, 2.45) is 5.92 Å². The molecule has 0 saturated heterocycles. The lowest BCUT2D eigenvalue weighted by Crippen LogP contribution is -2.43. The van der Waals surface area contributed by atoms with Gasteiger partial charge in [-0.1, -0.05) is 32.1 Å². The quantitative estimate of drug-likeness (QED) is 0.771. The first kappa shape index (κ1) is 16.1. The van der Waals surface area contributed by atoms with Crippen molar-refractivity contribution in [3.8, 4) is 0 Å². The maximum absolute atomic E-state index is 12.3. The minimum absolute atomic E-state index is 0.0413. The maximum Gasteiger partial charge on any atom is 0.414 e. The van der Waals surface area contributed by atoms with Crippen molar-refractivity contribution < 1.29 is 14.3 Å². The van der Waals surface area contributed by atoms with Gasteiger partial charge in [-0.3, -0.25) is 9.69 Å².